The zero-order chi connectivity index (χ0) is 12.1. The van der Waals surface area contributed by atoms with Crippen LogP contribution in [-0.2, 0) is 4.74 Å². The minimum absolute atomic E-state index is 0.0851. The summed E-state index contributed by atoms with van der Waals surface area (Å²) in [6.45, 7) is 2.94. The molecule has 5 heteroatoms. The first kappa shape index (κ1) is 12.5. The van der Waals surface area contributed by atoms with E-state index in [1.165, 1.54) is 0 Å². The Morgan fingerprint density at radius 1 is 1.53 bits per heavy atom. The maximum Gasteiger partial charge on any atom is 0.138 e. The van der Waals surface area contributed by atoms with Gasteiger partial charge in [-0.05, 0) is 12.1 Å². The normalized spacial score (nSPS) is 20.0. The highest BCUT2D eigenvalue weighted by molar-refractivity contribution is 6.32. The van der Waals surface area contributed by atoms with Gasteiger partial charge in [-0.1, -0.05) is 11.6 Å². The Balaban J connectivity index is 1.89. The monoisotopic (exact) mass is 257 g/mol. The Morgan fingerprint density at radius 2 is 2.41 bits per heavy atom. The summed E-state index contributed by atoms with van der Waals surface area (Å²) in [6, 6.07) is 5.36. The number of hydrogen-bond acceptors (Lipinski definition) is 4. The van der Waals surface area contributed by atoms with Crippen molar-refractivity contribution in [1.29, 1.82) is 0 Å². The lowest BCUT2D eigenvalue weighted by molar-refractivity contribution is 0.000211. The van der Waals surface area contributed by atoms with E-state index < -0.39 is 0 Å². The predicted molar refractivity (Wildman–Crippen MR) is 66.1 cm³/mol. The molecular weight excluding hydrogens is 242 g/mol. The molecule has 1 heterocycles. The molecule has 1 aromatic carbocycles. The topological polar surface area (TPSA) is 39.7 Å². The van der Waals surface area contributed by atoms with Gasteiger partial charge in [0.15, 0.2) is 0 Å². The van der Waals surface area contributed by atoms with E-state index in [-0.39, 0.29) is 6.10 Å². The average molecular weight is 258 g/mol. The molecule has 0 aromatic heterocycles. The summed E-state index contributed by atoms with van der Waals surface area (Å²) in [5, 5.41) is 3.80. The molecule has 2 rings (SSSR count). The Labute approximate surface area is 106 Å². The fourth-order valence-electron chi connectivity index (χ4n) is 1.64. The molecule has 0 aliphatic carbocycles. The van der Waals surface area contributed by atoms with Crippen molar-refractivity contribution in [2.75, 3.05) is 33.4 Å². The van der Waals surface area contributed by atoms with Crippen LogP contribution in [-0.4, -0.2) is 39.5 Å². The fourth-order valence-corrected chi connectivity index (χ4v) is 1.86. The lowest BCUT2D eigenvalue weighted by Crippen LogP contribution is -2.41. The second-order valence-corrected chi connectivity index (χ2v) is 4.21. The number of nitrogens with one attached hydrogen (secondary N) is 1. The van der Waals surface area contributed by atoms with E-state index in [4.69, 9.17) is 25.8 Å². The quantitative estimate of drug-likeness (QED) is 0.892. The van der Waals surface area contributed by atoms with Crippen molar-refractivity contribution in [2.24, 2.45) is 0 Å². The maximum atomic E-state index is 6.06. The zero-order valence-corrected chi connectivity index (χ0v) is 10.5. The third kappa shape index (κ3) is 3.49. The van der Waals surface area contributed by atoms with Crippen molar-refractivity contribution in [3.8, 4) is 11.5 Å². The van der Waals surface area contributed by atoms with Crippen molar-refractivity contribution in [3.05, 3.63) is 23.2 Å². The molecule has 17 heavy (non-hydrogen) atoms. The van der Waals surface area contributed by atoms with E-state index in [1.54, 1.807) is 19.2 Å². The predicted octanol–water partition coefficient (Wildman–Crippen LogP) is 1.72. The molecule has 1 aliphatic heterocycles. The Kier molecular flexibility index (Phi) is 4.48. The van der Waals surface area contributed by atoms with Gasteiger partial charge in [-0.3, -0.25) is 0 Å². The molecule has 1 N–H and O–H groups in total. The van der Waals surface area contributed by atoms with Crippen molar-refractivity contribution in [3.63, 3.8) is 0 Å². The first-order chi connectivity index (χ1) is 8.29. The molecule has 1 aliphatic rings. The molecule has 0 radical (unpaired) electrons. The summed E-state index contributed by atoms with van der Waals surface area (Å²) in [6.07, 6.45) is 0.0851. The largest absolute Gasteiger partial charge is 0.497 e. The molecule has 1 fully saturated rings. The summed E-state index contributed by atoms with van der Waals surface area (Å²) >= 11 is 6.06. The van der Waals surface area contributed by atoms with Crippen molar-refractivity contribution >= 4 is 11.6 Å². The van der Waals surface area contributed by atoms with Crippen LogP contribution < -0.4 is 14.8 Å². The van der Waals surface area contributed by atoms with Crippen LogP contribution >= 0.6 is 11.6 Å². The SMILES string of the molecule is COc1ccc(OCC2CNCCO2)c(Cl)c1. The number of halogens is 1. The summed E-state index contributed by atoms with van der Waals surface area (Å²) < 4.78 is 16.2. The molecule has 0 amide bonds. The molecular formula is C12H16ClNO3. The first-order valence-corrected chi connectivity index (χ1v) is 5.96. The highest BCUT2D eigenvalue weighted by Gasteiger charge is 2.14. The lowest BCUT2D eigenvalue weighted by Gasteiger charge is -2.23. The number of benzene rings is 1. The van der Waals surface area contributed by atoms with Gasteiger partial charge in [0.1, 0.15) is 24.2 Å². The number of ether oxygens (including phenoxy) is 3. The zero-order valence-electron chi connectivity index (χ0n) is 9.74. The van der Waals surface area contributed by atoms with Gasteiger partial charge < -0.3 is 19.5 Å². The molecule has 0 bridgehead atoms. The van der Waals surface area contributed by atoms with E-state index in [2.05, 4.69) is 5.32 Å². The Bertz CT molecular complexity index is 367. The van der Waals surface area contributed by atoms with Gasteiger partial charge in [0.25, 0.3) is 0 Å². The summed E-state index contributed by atoms with van der Waals surface area (Å²) in [5.41, 5.74) is 0. The van der Waals surface area contributed by atoms with Gasteiger partial charge in [0, 0.05) is 19.2 Å². The van der Waals surface area contributed by atoms with Crippen molar-refractivity contribution in [2.45, 2.75) is 6.10 Å². The highest BCUT2D eigenvalue weighted by Crippen LogP contribution is 2.28. The fraction of sp³-hybridized carbons (Fsp3) is 0.500. The lowest BCUT2D eigenvalue weighted by atomic mass is 10.3. The van der Waals surface area contributed by atoms with E-state index in [9.17, 15) is 0 Å². The van der Waals surface area contributed by atoms with Gasteiger partial charge >= 0.3 is 0 Å². The van der Waals surface area contributed by atoms with Crippen molar-refractivity contribution < 1.29 is 14.2 Å². The number of rotatable bonds is 4. The summed E-state index contributed by atoms with van der Waals surface area (Å²) in [5.74, 6) is 1.37. The first-order valence-electron chi connectivity index (χ1n) is 5.58. The standard InChI is InChI=1S/C12H16ClNO3/c1-15-9-2-3-12(11(13)6-9)17-8-10-7-14-4-5-16-10/h2-3,6,10,14H,4-5,7-8H2,1H3. The second-order valence-electron chi connectivity index (χ2n) is 3.80. The number of morpholine rings is 1. The van der Waals surface area contributed by atoms with E-state index >= 15 is 0 Å². The van der Waals surface area contributed by atoms with Crippen LogP contribution in [0.3, 0.4) is 0 Å². The van der Waals surface area contributed by atoms with Crippen LogP contribution in [0.2, 0.25) is 5.02 Å². The Morgan fingerprint density at radius 3 is 3.06 bits per heavy atom. The number of hydrogen-bond donors (Lipinski definition) is 1. The minimum Gasteiger partial charge on any atom is -0.497 e. The molecule has 94 valence electrons. The second kappa shape index (κ2) is 6.10. The molecule has 0 saturated carbocycles. The van der Waals surface area contributed by atoms with Crippen LogP contribution in [0.25, 0.3) is 0 Å². The van der Waals surface area contributed by atoms with Gasteiger partial charge in [0.05, 0.1) is 18.7 Å². The average Bonchev–Trinajstić information content (AvgIpc) is 2.38. The summed E-state index contributed by atoms with van der Waals surface area (Å²) in [4.78, 5) is 0. The molecule has 1 unspecified atom stereocenters. The van der Waals surface area contributed by atoms with Crippen LogP contribution in [0.5, 0.6) is 11.5 Å². The Hall–Kier alpha value is -0.970. The van der Waals surface area contributed by atoms with E-state index in [0.29, 0.717) is 17.4 Å². The third-order valence-corrected chi connectivity index (χ3v) is 2.86. The van der Waals surface area contributed by atoms with Gasteiger partial charge in [0.2, 0.25) is 0 Å². The molecule has 1 aromatic rings. The number of methoxy groups -OCH3 is 1. The highest BCUT2D eigenvalue weighted by atomic mass is 35.5. The van der Waals surface area contributed by atoms with Gasteiger partial charge in [-0.25, -0.2) is 0 Å². The molecule has 4 nitrogen and oxygen atoms in total. The molecule has 1 saturated heterocycles. The maximum absolute atomic E-state index is 6.06. The molecule has 1 atom stereocenters. The van der Waals surface area contributed by atoms with Gasteiger partial charge in [-0.15, -0.1) is 0 Å². The molecule has 0 spiro atoms. The van der Waals surface area contributed by atoms with E-state index in [0.717, 1.165) is 25.4 Å². The van der Waals surface area contributed by atoms with Crippen LogP contribution in [0.15, 0.2) is 18.2 Å². The van der Waals surface area contributed by atoms with Crippen LogP contribution in [0.1, 0.15) is 0 Å². The van der Waals surface area contributed by atoms with Crippen LogP contribution in [0.4, 0.5) is 0 Å². The smallest absolute Gasteiger partial charge is 0.138 e. The summed E-state index contributed by atoms with van der Waals surface area (Å²) in [7, 11) is 1.60. The minimum atomic E-state index is 0.0851. The van der Waals surface area contributed by atoms with Crippen LogP contribution in [0, 0.1) is 0 Å². The van der Waals surface area contributed by atoms with Gasteiger partial charge in [-0.2, -0.15) is 0 Å². The third-order valence-electron chi connectivity index (χ3n) is 2.57. The van der Waals surface area contributed by atoms with Crippen molar-refractivity contribution in [1.82, 2.24) is 5.32 Å². The van der Waals surface area contributed by atoms with E-state index in [1.807, 2.05) is 6.07 Å².